The zero-order chi connectivity index (χ0) is 10.7. The average Bonchev–Trinajstić information content (AvgIpc) is 2.30. The number of anilines is 2. The van der Waals surface area contributed by atoms with Crippen molar-refractivity contribution in [1.29, 1.82) is 0 Å². The van der Waals surface area contributed by atoms with Gasteiger partial charge in [0.1, 0.15) is 0 Å². The molecule has 0 aromatic carbocycles. The molecule has 15 heavy (non-hydrogen) atoms. The van der Waals surface area contributed by atoms with Crippen LogP contribution >= 0.6 is 11.8 Å². The first kappa shape index (κ1) is 10.6. The number of aromatic nitrogens is 1. The molecule has 2 rings (SSSR count). The van der Waals surface area contributed by atoms with E-state index in [1.165, 1.54) is 17.2 Å². The summed E-state index contributed by atoms with van der Waals surface area (Å²) in [6.45, 7) is 3.40. The Morgan fingerprint density at radius 2 is 2.40 bits per heavy atom. The largest absolute Gasteiger partial charge is 0.387 e. The fraction of sp³-hybridized carbons (Fsp3) is 0.545. The summed E-state index contributed by atoms with van der Waals surface area (Å²) in [5.41, 5.74) is 2.31. The summed E-state index contributed by atoms with van der Waals surface area (Å²) in [5.74, 6) is 2.43. The molecule has 0 radical (unpaired) electrons. The Labute approximate surface area is 95.3 Å². The summed E-state index contributed by atoms with van der Waals surface area (Å²) in [4.78, 5) is 6.69. The molecule has 1 saturated heterocycles. The summed E-state index contributed by atoms with van der Waals surface area (Å²) in [5, 5.41) is 3.13. The van der Waals surface area contributed by atoms with E-state index in [-0.39, 0.29) is 0 Å². The number of hydrogen-bond donors (Lipinski definition) is 1. The predicted octanol–water partition coefficient (Wildman–Crippen LogP) is 2.06. The second kappa shape index (κ2) is 4.75. The fourth-order valence-electron chi connectivity index (χ4n) is 1.83. The minimum Gasteiger partial charge on any atom is -0.387 e. The lowest BCUT2D eigenvalue weighted by molar-refractivity contribution is 0.698. The molecule has 4 heteroatoms. The second-order valence-corrected chi connectivity index (χ2v) is 4.95. The van der Waals surface area contributed by atoms with E-state index in [1.54, 1.807) is 0 Å². The van der Waals surface area contributed by atoms with Gasteiger partial charge < -0.3 is 10.2 Å². The van der Waals surface area contributed by atoms with Crippen LogP contribution in [0.15, 0.2) is 18.5 Å². The van der Waals surface area contributed by atoms with Crippen molar-refractivity contribution in [2.75, 3.05) is 35.3 Å². The Kier molecular flexibility index (Phi) is 3.36. The number of nitrogens with one attached hydrogen (secondary N) is 1. The zero-order valence-corrected chi connectivity index (χ0v) is 10.0. The SMILES string of the molecule is CNc1cncc(N2CCSCC2C)c1. The van der Waals surface area contributed by atoms with Gasteiger partial charge in [-0.25, -0.2) is 0 Å². The van der Waals surface area contributed by atoms with Gasteiger partial charge in [-0.2, -0.15) is 11.8 Å². The van der Waals surface area contributed by atoms with Crippen LogP contribution in [0.3, 0.4) is 0 Å². The van der Waals surface area contributed by atoms with Gasteiger partial charge in [-0.3, -0.25) is 4.98 Å². The van der Waals surface area contributed by atoms with E-state index in [0.29, 0.717) is 6.04 Å². The lowest BCUT2D eigenvalue weighted by Gasteiger charge is -2.34. The first-order valence-electron chi connectivity index (χ1n) is 5.28. The van der Waals surface area contributed by atoms with Crippen molar-refractivity contribution in [2.45, 2.75) is 13.0 Å². The Bertz CT molecular complexity index is 329. The number of rotatable bonds is 2. The quantitative estimate of drug-likeness (QED) is 0.831. The van der Waals surface area contributed by atoms with Gasteiger partial charge in [0.2, 0.25) is 0 Å². The Hall–Kier alpha value is -0.900. The topological polar surface area (TPSA) is 28.2 Å². The molecule has 82 valence electrons. The van der Waals surface area contributed by atoms with Crippen LogP contribution < -0.4 is 10.2 Å². The van der Waals surface area contributed by atoms with E-state index in [2.05, 4.69) is 28.2 Å². The fourth-order valence-corrected chi connectivity index (χ4v) is 2.85. The van der Waals surface area contributed by atoms with Crippen molar-refractivity contribution in [2.24, 2.45) is 0 Å². The molecule has 1 aromatic heterocycles. The molecule has 1 aliphatic rings. The van der Waals surface area contributed by atoms with Gasteiger partial charge in [0.25, 0.3) is 0 Å². The molecular formula is C11H17N3S. The molecule has 0 aliphatic carbocycles. The molecule has 1 aromatic rings. The Morgan fingerprint density at radius 3 is 3.13 bits per heavy atom. The highest BCUT2D eigenvalue weighted by Crippen LogP contribution is 2.24. The van der Waals surface area contributed by atoms with Crippen LogP contribution in [0.5, 0.6) is 0 Å². The molecule has 1 unspecified atom stereocenters. The number of pyridine rings is 1. The minimum atomic E-state index is 0.609. The third kappa shape index (κ3) is 2.37. The van der Waals surface area contributed by atoms with E-state index in [1.807, 2.05) is 31.2 Å². The molecule has 2 heterocycles. The van der Waals surface area contributed by atoms with Crippen LogP contribution in [0.25, 0.3) is 0 Å². The van der Waals surface area contributed by atoms with Crippen LogP contribution in [0.2, 0.25) is 0 Å². The maximum absolute atomic E-state index is 4.25. The van der Waals surface area contributed by atoms with Crippen LogP contribution in [0, 0.1) is 0 Å². The monoisotopic (exact) mass is 223 g/mol. The van der Waals surface area contributed by atoms with Crippen LogP contribution in [-0.4, -0.2) is 36.1 Å². The molecule has 0 bridgehead atoms. The van der Waals surface area contributed by atoms with Crippen molar-refractivity contribution < 1.29 is 0 Å². The van der Waals surface area contributed by atoms with Crippen LogP contribution in [-0.2, 0) is 0 Å². The highest BCUT2D eigenvalue weighted by atomic mass is 32.2. The van der Waals surface area contributed by atoms with Crippen LogP contribution in [0.1, 0.15) is 6.92 Å². The predicted molar refractivity (Wildman–Crippen MR) is 67.9 cm³/mol. The third-order valence-corrected chi connectivity index (χ3v) is 3.90. The number of nitrogens with zero attached hydrogens (tertiary/aromatic N) is 2. The van der Waals surface area contributed by atoms with Gasteiger partial charge in [-0.05, 0) is 13.0 Å². The molecule has 1 atom stereocenters. The van der Waals surface area contributed by atoms with E-state index in [4.69, 9.17) is 0 Å². The van der Waals surface area contributed by atoms with Gasteiger partial charge in [0.05, 0.1) is 23.8 Å². The minimum absolute atomic E-state index is 0.609. The van der Waals surface area contributed by atoms with E-state index in [9.17, 15) is 0 Å². The molecule has 0 amide bonds. The highest BCUT2D eigenvalue weighted by Gasteiger charge is 2.19. The van der Waals surface area contributed by atoms with Gasteiger partial charge >= 0.3 is 0 Å². The summed E-state index contributed by atoms with van der Waals surface area (Å²) >= 11 is 2.03. The van der Waals surface area contributed by atoms with Crippen molar-refractivity contribution in [3.63, 3.8) is 0 Å². The summed E-state index contributed by atoms with van der Waals surface area (Å²) < 4.78 is 0. The standard InChI is InChI=1S/C11H17N3S/c1-9-8-15-4-3-14(9)11-5-10(12-2)6-13-7-11/h5-7,9,12H,3-4,8H2,1-2H3. The molecule has 1 fully saturated rings. The Balaban J connectivity index is 2.19. The van der Waals surface area contributed by atoms with Gasteiger partial charge in [-0.15, -0.1) is 0 Å². The van der Waals surface area contributed by atoms with Crippen molar-refractivity contribution >= 4 is 23.1 Å². The van der Waals surface area contributed by atoms with Crippen molar-refractivity contribution in [3.05, 3.63) is 18.5 Å². The van der Waals surface area contributed by atoms with Gasteiger partial charge in [0.15, 0.2) is 0 Å². The summed E-state index contributed by atoms with van der Waals surface area (Å²) in [6, 6.07) is 2.78. The smallest absolute Gasteiger partial charge is 0.0576 e. The number of hydrogen-bond acceptors (Lipinski definition) is 4. The molecule has 3 nitrogen and oxygen atoms in total. The van der Waals surface area contributed by atoms with E-state index >= 15 is 0 Å². The van der Waals surface area contributed by atoms with Crippen molar-refractivity contribution in [3.8, 4) is 0 Å². The van der Waals surface area contributed by atoms with Crippen molar-refractivity contribution in [1.82, 2.24) is 4.98 Å². The number of thioether (sulfide) groups is 1. The molecule has 1 aliphatic heterocycles. The van der Waals surface area contributed by atoms with E-state index in [0.717, 1.165) is 12.2 Å². The molecule has 1 N–H and O–H groups in total. The first-order chi connectivity index (χ1) is 7.31. The van der Waals surface area contributed by atoms with E-state index < -0.39 is 0 Å². The lowest BCUT2D eigenvalue weighted by atomic mass is 10.2. The van der Waals surface area contributed by atoms with Gasteiger partial charge in [0, 0.05) is 31.1 Å². The molecule has 0 saturated carbocycles. The summed E-state index contributed by atoms with van der Waals surface area (Å²) in [7, 11) is 1.93. The molecular weight excluding hydrogens is 206 g/mol. The second-order valence-electron chi connectivity index (χ2n) is 3.80. The lowest BCUT2D eigenvalue weighted by Crippen LogP contribution is -2.40. The maximum Gasteiger partial charge on any atom is 0.0576 e. The van der Waals surface area contributed by atoms with Crippen LogP contribution in [0.4, 0.5) is 11.4 Å². The zero-order valence-electron chi connectivity index (χ0n) is 9.23. The first-order valence-corrected chi connectivity index (χ1v) is 6.44. The summed E-state index contributed by atoms with van der Waals surface area (Å²) in [6.07, 6.45) is 3.81. The Morgan fingerprint density at radius 1 is 1.53 bits per heavy atom. The third-order valence-electron chi connectivity index (χ3n) is 2.71. The van der Waals surface area contributed by atoms with Gasteiger partial charge in [-0.1, -0.05) is 0 Å². The highest BCUT2D eigenvalue weighted by molar-refractivity contribution is 7.99. The molecule has 0 spiro atoms. The normalized spacial score (nSPS) is 21.5. The maximum atomic E-state index is 4.25. The average molecular weight is 223 g/mol.